The molecule has 0 aliphatic heterocycles. The van der Waals surface area contributed by atoms with Crippen LogP contribution in [-0.2, 0) is 0 Å². The first kappa shape index (κ1) is 13.6. The van der Waals surface area contributed by atoms with Crippen LogP contribution in [-0.4, -0.2) is 30.6 Å². The summed E-state index contributed by atoms with van der Waals surface area (Å²) < 4.78 is 0. The number of rotatable bonds is 7. The van der Waals surface area contributed by atoms with Gasteiger partial charge in [-0.2, -0.15) is 0 Å². The Hall–Kier alpha value is -0.860. The fourth-order valence-electron chi connectivity index (χ4n) is 2.78. The molecule has 1 aromatic carbocycles. The minimum Gasteiger partial charge on any atom is -0.329 e. The van der Waals surface area contributed by atoms with Crippen LogP contribution in [0.4, 0.5) is 0 Å². The normalized spacial score (nSPS) is 18.9. The Bertz CT molecular complexity index is 345. The maximum absolute atomic E-state index is 6.04. The summed E-state index contributed by atoms with van der Waals surface area (Å²) in [6.07, 6.45) is 2.82. The molecule has 2 nitrogen and oxygen atoms in total. The Labute approximate surface area is 111 Å². The first-order valence-electron chi connectivity index (χ1n) is 7.25. The van der Waals surface area contributed by atoms with E-state index in [0.29, 0.717) is 12.0 Å². The molecule has 0 aromatic heterocycles. The number of nitrogens with zero attached hydrogens (tertiary/aromatic N) is 1. The van der Waals surface area contributed by atoms with E-state index in [1.54, 1.807) is 0 Å². The molecule has 1 fully saturated rings. The second-order valence-electron chi connectivity index (χ2n) is 5.53. The second kappa shape index (κ2) is 6.35. The lowest BCUT2D eigenvalue weighted by molar-refractivity contribution is 0.180. The molecule has 18 heavy (non-hydrogen) atoms. The molecule has 1 aliphatic rings. The monoisotopic (exact) mass is 246 g/mol. The molecule has 2 unspecified atom stereocenters. The number of hydrogen-bond acceptors (Lipinski definition) is 2. The summed E-state index contributed by atoms with van der Waals surface area (Å²) in [7, 11) is 0. The van der Waals surface area contributed by atoms with E-state index in [9.17, 15) is 0 Å². The van der Waals surface area contributed by atoms with Crippen molar-refractivity contribution in [1.82, 2.24) is 4.90 Å². The van der Waals surface area contributed by atoms with E-state index in [2.05, 4.69) is 49.1 Å². The molecule has 2 N–H and O–H groups in total. The minimum atomic E-state index is 0.470. The summed E-state index contributed by atoms with van der Waals surface area (Å²) in [4.78, 5) is 2.58. The minimum absolute atomic E-state index is 0.470. The first-order chi connectivity index (χ1) is 8.76. The fraction of sp³-hybridized carbons (Fsp3) is 0.625. The number of benzene rings is 1. The van der Waals surface area contributed by atoms with E-state index in [0.717, 1.165) is 19.0 Å². The second-order valence-corrected chi connectivity index (χ2v) is 5.53. The Morgan fingerprint density at radius 2 is 1.94 bits per heavy atom. The zero-order valence-corrected chi connectivity index (χ0v) is 11.7. The van der Waals surface area contributed by atoms with E-state index in [4.69, 9.17) is 5.73 Å². The van der Waals surface area contributed by atoms with Crippen LogP contribution >= 0.6 is 0 Å². The largest absolute Gasteiger partial charge is 0.329 e. The summed E-state index contributed by atoms with van der Waals surface area (Å²) in [5.41, 5.74) is 7.45. The zero-order valence-electron chi connectivity index (χ0n) is 11.7. The maximum Gasteiger partial charge on any atom is 0.0284 e. The number of hydrogen-bond donors (Lipinski definition) is 1. The molecule has 2 heteroatoms. The molecular weight excluding hydrogens is 220 g/mol. The van der Waals surface area contributed by atoms with Gasteiger partial charge in [0.2, 0.25) is 0 Å². The predicted octanol–water partition coefficient (Wildman–Crippen LogP) is 2.85. The standard InChI is InChI=1S/C16H26N2/c1-3-18(12-14-9-10-14)16(11-17)13(2)15-7-5-4-6-8-15/h4-8,13-14,16H,3,9-12,17H2,1-2H3. The topological polar surface area (TPSA) is 29.3 Å². The Kier molecular flexibility index (Phi) is 4.79. The van der Waals surface area contributed by atoms with Gasteiger partial charge in [0.1, 0.15) is 0 Å². The van der Waals surface area contributed by atoms with Crippen LogP contribution in [0.2, 0.25) is 0 Å². The highest BCUT2D eigenvalue weighted by atomic mass is 15.2. The van der Waals surface area contributed by atoms with Gasteiger partial charge in [-0.05, 0) is 36.8 Å². The van der Waals surface area contributed by atoms with Gasteiger partial charge in [0.25, 0.3) is 0 Å². The fourth-order valence-corrected chi connectivity index (χ4v) is 2.78. The van der Waals surface area contributed by atoms with E-state index < -0.39 is 0 Å². The van der Waals surface area contributed by atoms with Crippen LogP contribution in [0.1, 0.15) is 38.2 Å². The molecule has 2 atom stereocenters. The van der Waals surface area contributed by atoms with Crippen molar-refractivity contribution in [3.8, 4) is 0 Å². The SMILES string of the molecule is CCN(CC1CC1)C(CN)C(C)c1ccccc1. The van der Waals surface area contributed by atoms with Crippen LogP contribution in [0.5, 0.6) is 0 Å². The summed E-state index contributed by atoms with van der Waals surface area (Å²) in [6.45, 7) is 7.65. The molecule has 1 aromatic rings. The van der Waals surface area contributed by atoms with Crippen molar-refractivity contribution in [2.45, 2.75) is 38.6 Å². The van der Waals surface area contributed by atoms with Crippen molar-refractivity contribution in [1.29, 1.82) is 0 Å². The highest BCUT2D eigenvalue weighted by molar-refractivity contribution is 5.20. The van der Waals surface area contributed by atoms with E-state index >= 15 is 0 Å². The average Bonchev–Trinajstić information content (AvgIpc) is 3.23. The van der Waals surface area contributed by atoms with Crippen molar-refractivity contribution in [2.75, 3.05) is 19.6 Å². The third-order valence-electron chi connectivity index (χ3n) is 4.21. The lowest BCUT2D eigenvalue weighted by Crippen LogP contribution is -2.44. The Balaban J connectivity index is 2.05. The molecule has 0 spiro atoms. The van der Waals surface area contributed by atoms with Gasteiger partial charge < -0.3 is 5.73 Å². The van der Waals surface area contributed by atoms with Crippen LogP contribution in [0.15, 0.2) is 30.3 Å². The van der Waals surface area contributed by atoms with Gasteiger partial charge in [0, 0.05) is 19.1 Å². The maximum atomic E-state index is 6.04. The predicted molar refractivity (Wildman–Crippen MR) is 77.7 cm³/mol. The van der Waals surface area contributed by atoms with Crippen molar-refractivity contribution >= 4 is 0 Å². The van der Waals surface area contributed by atoms with Gasteiger partial charge in [-0.15, -0.1) is 0 Å². The highest BCUT2D eigenvalue weighted by Gasteiger charge is 2.29. The zero-order chi connectivity index (χ0) is 13.0. The average molecular weight is 246 g/mol. The van der Waals surface area contributed by atoms with Crippen LogP contribution < -0.4 is 5.73 Å². The molecule has 2 rings (SSSR count). The summed E-state index contributed by atoms with van der Waals surface area (Å²) in [5.74, 6) is 1.44. The molecule has 0 amide bonds. The molecule has 0 bridgehead atoms. The van der Waals surface area contributed by atoms with Crippen molar-refractivity contribution < 1.29 is 0 Å². The highest BCUT2D eigenvalue weighted by Crippen LogP contribution is 2.32. The molecule has 0 heterocycles. The molecule has 0 radical (unpaired) electrons. The number of nitrogens with two attached hydrogens (primary N) is 1. The number of likely N-dealkylation sites (N-methyl/N-ethyl adjacent to an activating group) is 1. The van der Waals surface area contributed by atoms with Crippen LogP contribution in [0, 0.1) is 5.92 Å². The van der Waals surface area contributed by atoms with Gasteiger partial charge >= 0.3 is 0 Å². The van der Waals surface area contributed by atoms with Gasteiger partial charge in [-0.1, -0.05) is 44.2 Å². The van der Waals surface area contributed by atoms with Crippen LogP contribution in [0.25, 0.3) is 0 Å². The van der Waals surface area contributed by atoms with Crippen molar-refractivity contribution in [3.63, 3.8) is 0 Å². The summed E-state index contributed by atoms with van der Waals surface area (Å²) in [6, 6.07) is 11.2. The third-order valence-corrected chi connectivity index (χ3v) is 4.21. The van der Waals surface area contributed by atoms with Gasteiger partial charge in [0.15, 0.2) is 0 Å². The smallest absolute Gasteiger partial charge is 0.0284 e. The molecular formula is C16H26N2. The summed E-state index contributed by atoms with van der Waals surface area (Å²) in [5, 5.41) is 0. The van der Waals surface area contributed by atoms with E-state index in [-0.39, 0.29) is 0 Å². The summed E-state index contributed by atoms with van der Waals surface area (Å²) >= 11 is 0. The lowest BCUT2D eigenvalue weighted by Gasteiger charge is -2.34. The third kappa shape index (κ3) is 3.33. The molecule has 100 valence electrons. The van der Waals surface area contributed by atoms with Crippen LogP contribution in [0.3, 0.4) is 0 Å². The molecule has 0 saturated heterocycles. The van der Waals surface area contributed by atoms with Gasteiger partial charge in [-0.25, -0.2) is 0 Å². The Morgan fingerprint density at radius 1 is 1.28 bits per heavy atom. The van der Waals surface area contributed by atoms with E-state index in [1.807, 2.05) is 0 Å². The molecule has 1 saturated carbocycles. The van der Waals surface area contributed by atoms with Crippen molar-refractivity contribution in [3.05, 3.63) is 35.9 Å². The Morgan fingerprint density at radius 3 is 2.44 bits per heavy atom. The van der Waals surface area contributed by atoms with Gasteiger partial charge in [-0.3, -0.25) is 4.90 Å². The lowest BCUT2D eigenvalue weighted by atomic mass is 9.92. The van der Waals surface area contributed by atoms with Gasteiger partial charge in [0.05, 0.1) is 0 Å². The van der Waals surface area contributed by atoms with E-state index in [1.165, 1.54) is 24.9 Å². The quantitative estimate of drug-likeness (QED) is 0.801. The molecule has 1 aliphatic carbocycles. The van der Waals surface area contributed by atoms with Crippen molar-refractivity contribution in [2.24, 2.45) is 11.7 Å². The first-order valence-corrected chi connectivity index (χ1v) is 7.25.